The predicted octanol–water partition coefficient (Wildman–Crippen LogP) is 1.84. The second-order valence-corrected chi connectivity index (χ2v) is 3.18. The molecule has 0 aromatic heterocycles. The second kappa shape index (κ2) is 4.13. The highest BCUT2D eigenvalue weighted by molar-refractivity contribution is 6.30. The second-order valence-electron chi connectivity index (χ2n) is 2.74. The topological polar surface area (TPSA) is 75.8 Å². The molecular weight excluding hydrogens is 186 g/mol. The van der Waals surface area contributed by atoms with Crippen molar-refractivity contribution < 1.29 is 0 Å². The van der Waals surface area contributed by atoms with Gasteiger partial charge in [-0.05, 0) is 23.8 Å². The SMILES string of the molecule is N#CCC(N)c1cc(Cl)ccc1N. The van der Waals surface area contributed by atoms with Crippen molar-refractivity contribution in [2.24, 2.45) is 5.73 Å². The lowest BCUT2D eigenvalue weighted by Crippen LogP contribution is -2.11. The predicted molar refractivity (Wildman–Crippen MR) is 53.0 cm³/mol. The molecule has 1 aromatic carbocycles. The first-order chi connectivity index (χ1) is 6.15. The van der Waals surface area contributed by atoms with E-state index in [0.29, 0.717) is 10.7 Å². The number of halogens is 1. The average Bonchev–Trinajstić information content (AvgIpc) is 2.09. The van der Waals surface area contributed by atoms with Gasteiger partial charge in [-0.2, -0.15) is 5.26 Å². The van der Waals surface area contributed by atoms with Gasteiger partial charge in [-0.25, -0.2) is 0 Å². The van der Waals surface area contributed by atoms with Crippen LogP contribution in [-0.4, -0.2) is 0 Å². The Morgan fingerprint density at radius 2 is 2.23 bits per heavy atom. The minimum Gasteiger partial charge on any atom is -0.398 e. The van der Waals surface area contributed by atoms with Crippen LogP contribution in [0.15, 0.2) is 18.2 Å². The Hall–Kier alpha value is -1.24. The van der Waals surface area contributed by atoms with Crippen LogP contribution in [0.3, 0.4) is 0 Å². The standard InChI is InChI=1S/C9H10ClN3/c10-6-1-2-8(12)7(5-6)9(13)3-4-11/h1-2,5,9H,3,12-13H2. The molecule has 0 aliphatic heterocycles. The molecule has 0 radical (unpaired) electrons. The third-order valence-electron chi connectivity index (χ3n) is 1.76. The normalized spacial score (nSPS) is 12.1. The lowest BCUT2D eigenvalue weighted by atomic mass is 10.0. The molecule has 68 valence electrons. The summed E-state index contributed by atoms with van der Waals surface area (Å²) in [6, 6.07) is 6.71. The van der Waals surface area contributed by atoms with Gasteiger partial charge < -0.3 is 11.5 Å². The first-order valence-electron chi connectivity index (χ1n) is 3.82. The zero-order valence-corrected chi connectivity index (χ0v) is 7.75. The average molecular weight is 196 g/mol. The maximum absolute atomic E-state index is 8.45. The van der Waals surface area contributed by atoms with Crippen LogP contribution >= 0.6 is 11.6 Å². The quantitative estimate of drug-likeness (QED) is 0.707. The van der Waals surface area contributed by atoms with Crippen LogP contribution in [0, 0.1) is 11.3 Å². The summed E-state index contributed by atoms with van der Waals surface area (Å²) in [7, 11) is 0. The van der Waals surface area contributed by atoms with Gasteiger partial charge >= 0.3 is 0 Å². The van der Waals surface area contributed by atoms with Crippen LogP contribution in [0.2, 0.25) is 5.02 Å². The Labute approximate surface area is 81.9 Å². The summed E-state index contributed by atoms with van der Waals surface area (Å²) in [5.74, 6) is 0. The summed E-state index contributed by atoms with van der Waals surface area (Å²) in [5, 5.41) is 9.04. The van der Waals surface area contributed by atoms with Crippen LogP contribution in [0.1, 0.15) is 18.0 Å². The Morgan fingerprint density at radius 3 is 2.85 bits per heavy atom. The first kappa shape index (κ1) is 9.85. The number of hydrogen-bond acceptors (Lipinski definition) is 3. The highest BCUT2D eigenvalue weighted by Gasteiger charge is 2.09. The molecule has 3 nitrogen and oxygen atoms in total. The van der Waals surface area contributed by atoms with E-state index in [2.05, 4.69) is 0 Å². The highest BCUT2D eigenvalue weighted by Crippen LogP contribution is 2.24. The molecule has 4 heteroatoms. The molecule has 0 spiro atoms. The molecule has 1 atom stereocenters. The van der Waals surface area contributed by atoms with Gasteiger partial charge in [0.1, 0.15) is 0 Å². The molecule has 0 heterocycles. The van der Waals surface area contributed by atoms with Gasteiger partial charge in [-0.1, -0.05) is 11.6 Å². The number of hydrogen-bond donors (Lipinski definition) is 2. The van der Waals surface area contributed by atoms with Crippen molar-refractivity contribution in [1.82, 2.24) is 0 Å². The molecule has 0 fully saturated rings. The molecule has 0 aliphatic carbocycles. The Balaban J connectivity index is 3.00. The Bertz CT molecular complexity index is 343. The third-order valence-corrected chi connectivity index (χ3v) is 1.99. The van der Waals surface area contributed by atoms with E-state index in [1.54, 1.807) is 18.2 Å². The van der Waals surface area contributed by atoms with Crippen molar-refractivity contribution >= 4 is 17.3 Å². The minimum absolute atomic E-state index is 0.241. The Kier molecular flexibility index (Phi) is 3.13. The van der Waals surface area contributed by atoms with Gasteiger partial charge in [-0.3, -0.25) is 0 Å². The first-order valence-corrected chi connectivity index (χ1v) is 4.20. The lowest BCUT2D eigenvalue weighted by Gasteiger charge is -2.10. The minimum atomic E-state index is -0.358. The van der Waals surface area contributed by atoms with Crippen molar-refractivity contribution in [3.05, 3.63) is 28.8 Å². The summed E-state index contributed by atoms with van der Waals surface area (Å²) in [6.45, 7) is 0. The molecule has 0 saturated carbocycles. The largest absolute Gasteiger partial charge is 0.398 e. The maximum atomic E-state index is 8.45. The van der Waals surface area contributed by atoms with E-state index in [-0.39, 0.29) is 12.5 Å². The molecular formula is C9H10ClN3. The van der Waals surface area contributed by atoms with Crippen LogP contribution in [-0.2, 0) is 0 Å². The van der Waals surface area contributed by atoms with Gasteiger partial charge in [0.2, 0.25) is 0 Å². The fourth-order valence-electron chi connectivity index (χ4n) is 1.08. The lowest BCUT2D eigenvalue weighted by molar-refractivity contribution is 0.751. The van der Waals surface area contributed by atoms with Crippen LogP contribution in [0.5, 0.6) is 0 Å². The molecule has 1 rings (SSSR count). The van der Waals surface area contributed by atoms with Crippen LogP contribution in [0.25, 0.3) is 0 Å². The summed E-state index contributed by atoms with van der Waals surface area (Å²) in [4.78, 5) is 0. The smallest absolute Gasteiger partial charge is 0.0641 e. The van der Waals surface area contributed by atoms with Crippen LogP contribution in [0.4, 0.5) is 5.69 Å². The molecule has 0 aliphatic rings. The van der Waals surface area contributed by atoms with E-state index in [1.165, 1.54) is 0 Å². The van der Waals surface area contributed by atoms with Crippen molar-refractivity contribution in [2.75, 3.05) is 5.73 Å². The molecule has 4 N–H and O–H groups in total. The van der Waals surface area contributed by atoms with Crippen molar-refractivity contribution in [1.29, 1.82) is 5.26 Å². The van der Waals surface area contributed by atoms with Gasteiger partial charge in [0, 0.05) is 16.8 Å². The van der Waals surface area contributed by atoms with E-state index >= 15 is 0 Å². The van der Waals surface area contributed by atoms with E-state index < -0.39 is 0 Å². The number of nitrogens with two attached hydrogens (primary N) is 2. The third kappa shape index (κ3) is 2.35. The molecule has 0 saturated heterocycles. The summed E-state index contributed by atoms with van der Waals surface area (Å²) >= 11 is 5.77. The highest BCUT2D eigenvalue weighted by atomic mass is 35.5. The van der Waals surface area contributed by atoms with Gasteiger partial charge in [0.15, 0.2) is 0 Å². The van der Waals surface area contributed by atoms with E-state index in [9.17, 15) is 0 Å². The zero-order chi connectivity index (χ0) is 9.84. The van der Waals surface area contributed by atoms with E-state index in [4.69, 9.17) is 28.3 Å². The van der Waals surface area contributed by atoms with Gasteiger partial charge in [-0.15, -0.1) is 0 Å². The summed E-state index contributed by atoms with van der Waals surface area (Å²) in [6.07, 6.45) is 0.241. The van der Waals surface area contributed by atoms with Gasteiger partial charge in [0.05, 0.1) is 12.5 Å². The van der Waals surface area contributed by atoms with Crippen LogP contribution < -0.4 is 11.5 Å². The van der Waals surface area contributed by atoms with Crippen molar-refractivity contribution in [3.8, 4) is 6.07 Å². The number of anilines is 1. The monoisotopic (exact) mass is 195 g/mol. The number of nitrogens with zero attached hydrogens (tertiary/aromatic N) is 1. The number of nitriles is 1. The molecule has 13 heavy (non-hydrogen) atoms. The Morgan fingerprint density at radius 1 is 1.54 bits per heavy atom. The molecule has 0 bridgehead atoms. The van der Waals surface area contributed by atoms with E-state index in [0.717, 1.165) is 5.56 Å². The number of nitrogen functional groups attached to an aromatic ring is 1. The fourth-order valence-corrected chi connectivity index (χ4v) is 1.26. The number of rotatable bonds is 2. The molecule has 0 amide bonds. The molecule has 1 unspecified atom stereocenters. The van der Waals surface area contributed by atoms with E-state index in [1.807, 2.05) is 6.07 Å². The summed E-state index contributed by atoms with van der Waals surface area (Å²) < 4.78 is 0. The molecule has 1 aromatic rings. The zero-order valence-electron chi connectivity index (χ0n) is 7.00. The van der Waals surface area contributed by atoms with Gasteiger partial charge in [0.25, 0.3) is 0 Å². The maximum Gasteiger partial charge on any atom is 0.0641 e. The van der Waals surface area contributed by atoms with Crippen molar-refractivity contribution in [3.63, 3.8) is 0 Å². The fraction of sp³-hybridized carbons (Fsp3) is 0.222. The summed E-state index contributed by atoms with van der Waals surface area (Å²) in [5.41, 5.74) is 12.7. The van der Waals surface area contributed by atoms with Crippen molar-refractivity contribution in [2.45, 2.75) is 12.5 Å². The number of benzene rings is 1.